The minimum atomic E-state index is -0.591. The highest BCUT2D eigenvalue weighted by atomic mass is 16.7. The highest BCUT2D eigenvalue weighted by molar-refractivity contribution is 6.30. The Kier molecular flexibility index (Phi) is 3.52. The average Bonchev–Trinajstić information content (AvgIpc) is 2.43. The summed E-state index contributed by atoms with van der Waals surface area (Å²) < 4.78 is 10.1. The molecular formula is C13H13NO5. The second-order valence-corrected chi connectivity index (χ2v) is 3.74. The molecule has 0 spiro atoms. The van der Waals surface area contributed by atoms with E-state index in [9.17, 15) is 9.59 Å². The number of methoxy groups -OCH3 is 2. The summed E-state index contributed by atoms with van der Waals surface area (Å²) in [6.45, 7) is 0. The van der Waals surface area contributed by atoms with Crippen molar-refractivity contribution in [3.63, 3.8) is 0 Å². The second kappa shape index (κ2) is 5.11. The van der Waals surface area contributed by atoms with E-state index in [0.29, 0.717) is 21.9 Å². The van der Waals surface area contributed by atoms with Crippen LogP contribution in [0.25, 0.3) is 5.57 Å². The van der Waals surface area contributed by atoms with E-state index in [0.717, 1.165) is 0 Å². The Bertz CT molecular complexity index is 564. The maximum Gasteiger partial charge on any atom is 0.288 e. The lowest BCUT2D eigenvalue weighted by molar-refractivity contribution is -0.155. The van der Waals surface area contributed by atoms with Crippen molar-refractivity contribution in [3.05, 3.63) is 35.6 Å². The third-order valence-electron chi connectivity index (χ3n) is 2.76. The number of fused-ring (bicyclic) bond motifs is 1. The molecule has 1 heterocycles. The molecule has 0 atom stereocenters. The van der Waals surface area contributed by atoms with Crippen molar-refractivity contribution in [2.24, 2.45) is 0 Å². The Morgan fingerprint density at radius 3 is 2.42 bits per heavy atom. The average molecular weight is 263 g/mol. The van der Waals surface area contributed by atoms with Crippen molar-refractivity contribution in [2.45, 2.75) is 0 Å². The zero-order valence-electron chi connectivity index (χ0n) is 10.8. The highest BCUT2D eigenvalue weighted by Gasteiger charge is 2.37. The van der Waals surface area contributed by atoms with Gasteiger partial charge in [-0.25, -0.2) is 0 Å². The summed E-state index contributed by atoms with van der Waals surface area (Å²) in [5.74, 6) is -0.695. The van der Waals surface area contributed by atoms with E-state index in [2.05, 4.69) is 0 Å². The van der Waals surface area contributed by atoms with Gasteiger partial charge < -0.3 is 9.47 Å². The molecule has 0 bridgehead atoms. The van der Waals surface area contributed by atoms with Crippen molar-refractivity contribution in [2.75, 3.05) is 21.3 Å². The summed E-state index contributed by atoms with van der Waals surface area (Å²) in [6, 6.07) is 4.94. The maximum absolute atomic E-state index is 12.2. The van der Waals surface area contributed by atoms with E-state index in [1.165, 1.54) is 27.6 Å². The predicted molar refractivity (Wildman–Crippen MR) is 66.2 cm³/mol. The van der Waals surface area contributed by atoms with E-state index in [1.807, 2.05) is 0 Å². The molecule has 1 aliphatic heterocycles. The predicted octanol–water partition coefficient (Wildman–Crippen LogP) is 1.23. The third kappa shape index (κ3) is 1.96. The van der Waals surface area contributed by atoms with Gasteiger partial charge in [0.1, 0.15) is 5.75 Å². The van der Waals surface area contributed by atoms with E-state index in [4.69, 9.17) is 14.3 Å². The lowest BCUT2D eigenvalue weighted by atomic mass is 9.94. The van der Waals surface area contributed by atoms with E-state index >= 15 is 0 Å². The van der Waals surface area contributed by atoms with Crippen molar-refractivity contribution < 1.29 is 23.9 Å². The van der Waals surface area contributed by atoms with Gasteiger partial charge in [-0.15, -0.1) is 5.06 Å². The van der Waals surface area contributed by atoms with Crippen LogP contribution in [-0.2, 0) is 14.4 Å². The Labute approximate surface area is 110 Å². The van der Waals surface area contributed by atoms with Crippen LogP contribution in [0.1, 0.15) is 15.9 Å². The van der Waals surface area contributed by atoms with Gasteiger partial charge in [0, 0.05) is 5.56 Å². The van der Waals surface area contributed by atoms with Gasteiger partial charge in [-0.2, -0.15) is 0 Å². The van der Waals surface area contributed by atoms with Crippen LogP contribution in [0.15, 0.2) is 24.5 Å². The van der Waals surface area contributed by atoms with Crippen molar-refractivity contribution in [3.8, 4) is 5.75 Å². The molecule has 6 nitrogen and oxygen atoms in total. The van der Waals surface area contributed by atoms with Gasteiger partial charge in [-0.05, 0) is 12.1 Å². The number of hydroxylamine groups is 2. The maximum atomic E-state index is 12.2. The number of imide groups is 1. The van der Waals surface area contributed by atoms with E-state index in [1.54, 1.807) is 18.2 Å². The molecule has 0 fully saturated rings. The molecular weight excluding hydrogens is 250 g/mol. The molecule has 0 aromatic heterocycles. The smallest absolute Gasteiger partial charge is 0.288 e. The molecule has 100 valence electrons. The molecule has 0 aliphatic carbocycles. The molecule has 1 aliphatic rings. The second-order valence-electron chi connectivity index (χ2n) is 3.74. The van der Waals surface area contributed by atoms with Crippen molar-refractivity contribution >= 4 is 17.4 Å². The first-order chi connectivity index (χ1) is 9.15. The van der Waals surface area contributed by atoms with Crippen LogP contribution in [-0.4, -0.2) is 38.2 Å². The van der Waals surface area contributed by atoms with Crippen molar-refractivity contribution in [1.29, 1.82) is 0 Å². The Balaban J connectivity index is 2.72. The fourth-order valence-electron chi connectivity index (χ4n) is 1.97. The molecule has 0 saturated carbocycles. The summed E-state index contributed by atoms with van der Waals surface area (Å²) in [7, 11) is 4.14. The molecule has 6 heteroatoms. The number of ether oxygens (including phenoxy) is 2. The molecule has 19 heavy (non-hydrogen) atoms. The van der Waals surface area contributed by atoms with Gasteiger partial charge in [0.05, 0.1) is 38.7 Å². The number of carbonyl (C=O) groups is 2. The molecule has 1 aromatic carbocycles. The number of nitrogens with zero attached hydrogens (tertiary/aromatic N) is 1. The first kappa shape index (κ1) is 13.1. The Hall–Kier alpha value is -2.34. The van der Waals surface area contributed by atoms with Gasteiger partial charge in [0.15, 0.2) is 0 Å². The van der Waals surface area contributed by atoms with Crippen molar-refractivity contribution in [1.82, 2.24) is 5.06 Å². The van der Waals surface area contributed by atoms with Gasteiger partial charge in [-0.1, -0.05) is 6.07 Å². The zero-order chi connectivity index (χ0) is 14.0. The standard InChI is InChI=1S/C13H13NO5/c1-17-7-9-11-8(5-4-6-10(11)18-2)12(15)14(19-3)13(9)16/h4-7H,1-3H3. The first-order valence-corrected chi connectivity index (χ1v) is 5.49. The largest absolute Gasteiger partial charge is 0.504 e. The first-order valence-electron chi connectivity index (χ1n) is 5.49. The van der Waals surface area contributed by atoms with Gasteiger partial charge in [-0.3, -0.25) is 14.4 Å². The number of benzene rings is 1. The van der Waals surface area contributed by atoms with Gasteiger partial charge in [0.25, 0.3) is 11.8 Å². The van der Waals surface area contributed by atoms with Gasteiger partial charge >= 0.3 is 0 Å². The summed E-state index contributed by atoms with van der Waals surface area (Å²) in [4.78, 5) is 29.1. The van der Waals surface area contributed by atoms with E-state index < -0.39 is 11.8 Å². The van der Waals surface area contributed by atoms with E-state index in [-0.39, 0.29) is 5.57 Å². The van der Waals surface area contributed by atoms with Crippen LogP contribution in [0.2, 0.25) is 0 Å². The molecule has 2 amide bonds. The topological polar surface area (TPSA) is 65.1 Å². The molecule has 0 saturated heterocycles. The zero-order valence-corrected chi connectivity index (χ0v) is 10.8. The lowest BCUT2D eigenvalue weighted by Crippen LogP contribution is -2.41. The van der Waals surface area contributed by atoms with Crippen LogP contribution in [0, 0.1) is 0 Å². The monoisotopic (exact) mass is 263 g/mol. The lowest BCUT2D eigenvalue weighted by Gasteiger charge is -2.26. The number of rotatable bonds is 3. The minimum Gasteiger partial charge on any atom is -0.504 e. The molecule has 2 rings (SSSR count). The Morgan fingerprint density at radius 2 is 1.84 bits per heavy atom. The summed E-state index contributed by atoms with van der Waals surface area (Å²) in [6.07, 6.45) is 1.27. The highest BCUT2D eigenvalue weighted by Crippen LogP contribution is 2.35. The molecule has 0 unspecified atom stereocenters. The minimum absolute atomic E-state index is 0.205. The van der Waals surface area contributed by atoms with Crippen LogP contribution < -0.4 is 4.74 Å². The number of hydrogen-bond acceptors (Lipinski definition) is 5. The van der Waals surface area contributed by atoms with Crippen LogP contribution >= 0.6 is 0 Å². The quantitative estimate of drug-likeness (QED) is 0.466. The number of amides is 2. The van der Waals surface area contributed by atoms with Gasteiger partial charge in [0.2, 0.25) is 0 Å². The molecule has 1 aromatic rings. The number of hydrogen-bond donors (Lipinski definition) is 0. The van der Waals surface area contributed by atoms with Crippen LogP contribution in [0.3, 0.4) is 0 Å². The van der Waals surface area contributed by atoms with Crippen LogP contribution in [0.4, 0.5) is 0 Å². The van der Waals surface area contributed by atoms with Crippen LogP contribution in [0.5, 0.6) is 5.75 Å². The summed E-state index contributed by atoms with van der Waals surface area (Å²) in [5, 5.41) is 0.687. The Morgan fingerprint density at radius 1 is 1.11 bits per heavy atom. The fraction of sp³-hybridized carbons (Fsp3) is 0.231. The number of carbonyl (C=O) groups excluding carboxylic acids is 2. The normalized spacial score (nSPS) is 16.6. The molecule has 0 radical (unpaired) electrons. The summed E-state index contributed by atoms with van der Waals surface area (Å²) >= 11 is 0. The SMILES string of the molecule is COC=C1C(=O)N(OC)C(=O)c2cccc(OC)c21. The summed E-state index contributed by atoms with van der Waals surface area (Å²) in [5.41, 5.74) is 0.940. The fourth-order valence-corrected chi connectivity index (χ4v) is 1.97. The molecule has 0 N–H and O–H groups in total. The third-order valence-corrected chi connectivity index (χ3v) is 2.76.